The molecule has 0 saturated heterocycles. The quantitative estimate of drug-likeness (QED) is 0.456. The van der Waals surface area contributed by atoms with Gasteiger partial charge in [0.1, 0.15) is 18.3 Å². The molecule has 2 amide bonds. The molecule has 2 rings (SSSR count). The number of hydrogen-bond donors (Lipinski definition) is 1. The van der Waals surface area contributed by atoms with Gasteiger partial charge in [-0.05, 0) is 69.2 Å². The summed E-state index contributed by atoms with van der Waals surface area (Å²) in [5.74, 6) is -0.196. The normalized spacial score (nSPS) is 12.2. The van der Waals surface area contributed by atoms with Gasteiger partial charge in [0.15, 0.2) is 0 Å². The van der Waals surface area contributed by atoms with Crippen LogP contribution in [0.5, 0.6) is 5.75 Å². The largest absolute Gasteiger partial charge is 0.494 e. The van der Waals surface area contributed by atoms with Crippen molar-refractivity contribution in [1.82, 2.24) is 10.2 Å². The number of rotatable bonds is 12. The fourth-order valence-electron chi connectivity index (χ4n) is 3.58. The van der Waals surface area contributed by atoms with Crippen LogP contribution in [-0.2, 0) is 26.2 Å². The average Bonchev–Trinajstić information content (AvgIpc) is 2.78. The molecule has 0 aromatic heterocycles. The van der Waals surface area contributed by atoms with Crippen LogP contribution in [0.15, 0.2) is 48.5 Å². The van der Waals surface area contributed by atoms with Crippen LogP contribution in [0, 0.1) is 0 Å². The summed E-state index contributed by atoms with van der Waals surface area (Å²) in [5.41, 5.74) is 1.10. The summed E-state index contributed by atoms with van der Waals surface area (Å²) in [6, 6.07) is 12.6. The van der Waals surface area contributed by atoms with Crippen molar-refractivity contribution in [2.45, 2.75) is 52.7 Å². The molecular weight excluding hydrogens is 490 g/mol. The van der Waals surface area contributed by atoms with E-state index in [9.17, 15) is 18.0 Å². The van der Waals surface area contributed by atoms with Crippen molar-refractivity contribution in [2.75, 3.05) is 23.7 Å². The Morgan fingerprint density at radius 1 is 1.03 bits per heavy atom. The number of nitrogens with zero attached hydrogens (tertiary/aromatic N) is 2. The minimum absolute atomic E-state index is 0.111. The number of benzene rings is 2. The number of ether oxygens (including phenoxy) is 1. The standard InChI is InChI=1S/C25H34ClN3O5S/c1-6-23(25(31)27-18(3)4)28(16-19-8-10-20(26)11-9-19)24(30)17-29(35(5,32)33)21-12-14-22(15-13-21)34-7-2/h8-15,18,23H,6-7,16-17H2,1-5H3,(H,27,31)/t23-/m1/s1. The van der Waals surface area contributed by atoms with Crippen molar-refractivity contribution in [2.24, 2.45) is 0 Å². The summed E-state index contributed by atoms with van der Waals surface area (Å²) in [6.07, 6.45) is 1.41. The Labute approximate surface area is 213 Å². The summed E-state index contributed by atoms with van der Waals surface area (Å²) in [4.78, 5) is 28.0. The lowest BCUT2D eigenvalue weighted by Crippen LogP contribution is -2.53. The maximum absolute atomic E-state index is 13.6. The second-order valence-corrected chi connectivity index (χ2v) is 10.8. The first-order valence-electron chi connectivity index (χ1n) is 11.5. The molecule has 10 heteroatoms. The Balaban J connectivity index is 2.40. The summed E-state index contributed by atoms with van der Waals surface area (Å²) < 4.78 is 31.8. The summed E-state index contributed by atoms with van der Waals surface area (Å²) in [7, 11) is -3.79. The number of anilines is 1. The molecule has 0 bridgehead atoms. The maximum Gasteiger partial charge on any atom is 0.244 e. The van der Waals surface area contributed by atoms with E-state index in [2.05, 4.69) is 5.32 Å². The van der Waals surface area contributed by atoms with E-state index in [0.29, 0.717) is 29.5 Å². The second-order valence-electron chi connectivity index (χ2n) is 8.43. The first-order chi connectivity index (χ1) is 16.5. The zero-order valence-corrected chi connectivity index (χ0v) is 22.4. The minimum Gasteiger partial charge on any atom is -0.494 e. The highest BCUT2D eigenvalue weighted by Crippen LogP contribution is 2.23. The van der Waals surface area contributed by atoms with Gasteiger partial charge in [0.05, 0.1) is 18.6 Å². The Morgan fingerprint density at radius 2 is 1.63 bits per heavy atom. The van der Waals surface area contributed by atoms with Crippen molar-refractivity contribution < 1.29 is 22.7 Å². The van der Waals surface area contributed by atoms with Crippen LogP contribution in [0.25, 0.3) is 0 Å². The van der Waals surface area contributed by atoms with Crippen LogP contribution in [-0.4, -0.2) is 56.6 Å². The number of halogens is 1. The van der Waals surface area contributed by atoms with Crippen LogP contribution in [0.4, 0.5) is 5.69 Å². The van der Waals surface area contributed by atoms with E-state index in [0.717, 1.165) is 16.1 Å². The monoisotopic (exact) mass is 523 g/mol. The number of hydrogen-bond acceptors (Lipinski definition) is 5. The van der Waals surface area contributed by atoms with Gasteiger partial charge in [0.2, 0.25) is 21.8 Å². The van der Waals surface area contributed by atoms with Gasteiger partial charge >= 0.3 is 0 Å². The summed E-state index contributed by atoms with van der Waals surface area (Å²) in [5, 5.41) is 3.41. The zero-order chi connectivity index (χ0) is 26.2. The van der Waals surface area contributed by atoms with E-state index in [1.54, 1.807) is 48.5 Å². The molecule has 0 aliphatic heterocycles. The number of nitrogens with one attached hydrogen (secondary N) is 1. The van der Waals surface area contributed by atoms with Crippen LogP contribution >= 0.6 is 11.6 Å². The highest BCUT2D eigenvalue weighted by Gasteiger charge is 2.32. The van der Waals surface area contributed by atoms with Crippen LogP contribution < -0.4 is 14.4 Å². The highest BCUT2D eigenvalue weighted by molar-refractivity contribution is 7.92. The molecule has 1 atom stereocenters. The van der Waals surface area contributed by atoms with Crippen molar-refractivity contribution in [1.29, 1.82) is 0 Å². The molecular formula is C25H34ClN3O5S. The predicted octanol–water partition coefficient (Wildman–Crippen LogP) is 3.84. The van der Waals surface area contributed by atoms with Crippen LogP contribution in [0.1, 0.15) is 39.7 Å². The molecule has 0 aliphatic rings. The summed E-state index contributed by atoms with van der Waals surface area (Å²) >= 11 is 6.00. The van der Waals surface area contributed by atoms with Gasteiger partial charge in [-0.2, -0.15) is 0 Å². The molecule has 35 heavy (non-hydrogen) atoms. The van der Waals surface area contributed by atoms with Crippen molar-refractivity contribution in [3.05, 3.63) is 59.1 Å². The first kappa shape index (κ1) is 28.5. The average molecular weight is 524 g/mol. The van der Waals surface area contributed by atoms with Gasteiger partial charge in [0, 0.05) is 17.6 Å². The van der Waals surface area contributed by atoms with Crippen molar-refractivity contribution >= 4 is 39.1 Å². The molecule has 0 aliphatic carbocycles. The van der Waals surface area contributed by atoms with E-state index < -0.39 is 28.5 Å². The Hall–Kier alpha value is -2.78. The molecule has 2 aromatic rings. The molecule has 0 spiro atoms. The van der Waals surface area contributed by atoms with Crippen molar-refractivity contribution in [3.8, 4) is 5.75 Å². The fraction of sp³-hybridized carbons (Fsp3) is 0.440. The topological polar surface area (TPSA) is 96.0 Å². The molecule has 192 valence electrons. The van der Waals surface area contributed by atoms with E-state index in [4.69, 9.17) is 16.3 Å². The molecule has 0 radical (unpaired) electrons. The number of carbonyl (C=O) groups is 2. The lowest BCUT2D eigenvalue weighted by Gasteiger charge is -2.33. The van der Waals surface area contributed by atoms with E-state index >= 15 is 0 Å². The van der Waals surface area contributed by atoms with Gasteiger partial charge < -0.3 is 15.0 Å². The zero-order valence-electron chi connectivity index (χ0n) is 20.8. The maximum atomic E-state index is 13.6. The number of sulfonamides is 1. The Morgan fingerprint density at radius 3 is 2.11 bits per heavy atom. The van der Waals surface area contributed by atoms with Gasteiger partial charge in [-0.3, -0.25) is 13.9 Å². The molecule has 0 unspecified atom stereocenters. The molecule has 0 saturated carbocycles. The molecule has 1 N–H and O–H groups in total. The smallest absolute Gasteiger partial charge is 0.244 e. The molecule has 8 nitrogen and oxygen atoms in total. The molecule has 0 fully saturated rings. The van der Waals surface area contributed by atoms with Gasteiger partial charge in [-0.25, -0.2) is 8.42 Å². The van der Waals surface area contributed by atoms with Crippen molar-refractivity contribution in [3.63, 3.8) is 0 Å². The van der Waals surface area contributed by atoms with E-state index in [1.165, 1.54) is 4.90 Å². The van der Waals surface area contributed by atoms with Gasteiger partial charge in [-0.15, -0.1) is 0 Å². The third-order valence-corrected chi connectivity index (χ3v) is 6.59. The lowest BCUT2D eigenvalue weighted by atomic mass is 10.1. The van der Waals surface area contributed by atoms with Gasteiger partial charge in [0.25, 0.3) is 0 Å². The lowest BCUT2D eigenvalue weighted by molar-refractivity contribution is -0.140. The van der Waals surface area contributed by atoms with E-state index in [-0.39, 0.29) is 18.5 Å². The third kappa shape index (κ3) is 8.43. The first-order valence-corrected chi connectivity index (χ1v) is 13.7. The fourth-order valence-corrected chi connectivity index (χ4v) is 4.55. The third-order valence-electron chi connectivity index (χ3n) is 5.20. The predicted molar refractivity (Wildman–Crippen MR) is 139 cm³/mol. The number of carbonyl (C=O) groups excluding carboxylic acids is 2. The Bertz CT molecular complexity index is 1090. The van der Waals surface area contributed by atoms with E-state index in [1.807, 2.05) is 27.7 Å². The Kier molecular flexibility index (Phi) is 10.4. The highest BCUT2D eigenvalue weighted by atomic mass is 35.5. The molecule has 0 heterocycles. The van der Waals surface area contributed by atoms with Gasteiger partial charge in [-0.1, -0.05) is 30.7 Å². The molecule has 2 aromatic carbocycles. The van der Waals surface area contributed by atoms with Crippen LogP contribution in [0.2, 0.25) is 5.02 Å². The summed E-state index contributed by atoms with van der Waals surface area (Å²) in [6.45, 7) is 7.50. The SMILES string of the molecule is CCOc1ccc(N(CC(=O)N(Cc2ccc(Cl)cc2)[C@H](CC)C(=O)NC(C)C)S(C)(=O)=O)cc1. The number of amides is 2. The minimum atomic E-state index is -3.79. The second kappa shape index (κ2) is 12.8. The van der Waals surface area contributed by atoms with Crippen LogP contribution in [0.3, 0.4) is 0 Å².